The average molecular weight is 446 g/mol. The maximum Gasteiger partial charge on any atom is 0.397 e. The predicted molar refractivity (Wildman–Crippen MR) is 114 cm³/mol. The lowest BCUT2D eigenvalue weighted by Gasteiger charge is -2.28. The highest BCUT2D eigenvalue weighted by atomic mass is 19.4. The molecule has 168 valence electrons. The summed E-state index contributed by atoms with van der Waals surface area (Å²) in [5, 5.41) is 13.4. The average Bonchev–Trinajstić information content (AvgIpc) is 3.08. The zero-order valence-corrected chi connectivity index (χ0v) is 17.7. The lowest BCUT2D eigenvalue weighted by Crippen LogP contribution is -2.36. The van der Waals surface area contributed by atoms with E-state index in [4.69, 9.17) is 5.11 Å². The van der Waals surface area contributed by atoms with Gasteiger partial charge in [0.2, 0.25) is 0 Å². The van der Waals surface area contributed by atoms with E-state index < -0.39 is 23.4 Å². The van der Waals surface area contributed by atoms with Crippen molar-refractivity contribution < 1.29 is 27.5 Å². The molecule has 0 fully saturated rings. The van der Waals surface area contributed by atoms with E-state index in [1.54, 1.807) is 29.8 Å². The summed E-state index contributed by atoms with van der Waals surface area (Å²) in [7, 11) is 0. The normalized spacial score (nSPS) is 12.8. The quantitative estimate of drug-likeness (QED) is 0.456. The summed E-state index contributed by atoms with van der Waals surface area (Å²) in [5.74, 6) is -1.67. The number of carbonyl (C=O) groups is 1. The SMILES string of the molecule is Cc1cc(/C(F)=C/c2ccc(C(C)(C)C(F)(F)F)cc2)nn1Cc1cccc(C(=O)O)c1. The minimum Gasteiger partial charge on any atom is -0.478 e. The summed E-state index contributed by atoms with van der Waals surface area (Å²) in [5.41, 5.74) is 0.0902. The first kappa shape index (κ1) is 23.2. The molecule has 1 heterocycles. The first-order chi connectivity index (χ1) is 14.9. The van der Waals surface area contributed by atoms with Crippen molar-refractivity contribution in [2.75, 3.05) is 0 Å². The molecule has 0 unspecified atom stereocenters. The van der Waals surface area contributed by atoms with Gasteiger partial charge in [-0.05, 0) is 61.7 Å². The number of benzene rings is 2. The van der Waals surface area contributed by atoms with Gasteiger partial charge in [0.05, 0.1) is 17.5 Å². The highest BCUT2D eigenvalue weighted by Crippen LogP contribution is 2.40. The Morgan fingerprint density at radius 1 is 1.09 bits per heavy atom. The van der Waals surface area contributed by atoms with Crippen LogP contribution in [0, 0.1) is 6.92 Å². The van der Waals surface area contributed by atoms with E-state index in [0.717, 1.165) is 13.8 Å². The molecule has 8 heteroatoms. The second-order valence-corrected chi connectivity index (χ2v) is 8.07. The Morgan fingerprint density at radius 2 is 1.75 bits per heavy atom. The van der Waals surface area contributed by atoms with Gasteiger partial charge in [-0.25, -0.2) is 9.18 Å². The monoisotopic (exact) mass is 446 g/mol. The molecule has 2 aromatic carbocycles. The Morgan fingerprint density at radius 3 is 2.34 bits per heavy atom. The lowest BCUT2D eigenvalue weighted by molar-refractivity contribution is -0.180. The summed E-state index contributed by atoms with van der Waals surface area (Å²) in [6.07, 6.45) is -3.19. The largest absolute Gasteiger partial charge is 0.478 e. The van der Waals surface area contributed by atoms with Crippen LogP contribution in [0.5, 0.6) is 0 Å². The summed E-state index contributed by atoms with van der Waals surface area (Å²) in [6, 6.07) is 13.5. The van der Waals surface area contributed by atoms with Crippen molar-refractivity contribution in [3.63, 3.8) is 0 Å². The van der Waals surface area contributed by atoms with Crippen LogP contribution in [0.2, 0.25) is 0 Å². The highest BCUT2D eigenvalue weighted by Gasteiger charge is 2.48. The van der Waals surface area contributed by atoms with Gasteiger partial charge >= 0.3 is 12.1 Å². The van der Waals surface area contributed by atoms with Gasteiger partial charge in [-0.15, -0.1) is 0 Å². The van der Waals surface area contributed by atoms with Crippen molar-refractivity contribution >= 4 is 17.9 Å². The van der Waals surface area contributed by atoms with Crippen molar-refractivity contribution in [3.05, 3.63) is 88.2 Å². The molecule has 0 amide bonds. The molecule has 0 aliphatic heterocycles. The molecule has 4 nitrogen and oxygen atoms in total. The third-order valence-corrected chi connectivity index (χ3v) is 5.37. The minimum atomic E-state index is -4.40. The number of aromatic carboxylic acids is 1. The van der Waals surface area contributed by atoms with E-state index in [1.165, 1.54) is 42.5 Å². The van der Waals surface area contributed by atoms with Crippen LogP contribution in [-0.2, 0) is 12.0 Å². The van der Waals surface area contributed by atoms with Crippen LogP contribution >= 0.6 is 0 Å². The predicted octanol–water partition coefficient (Wildman–Crippen LogP) is 6.25. The topological polar surface area (TPSA) is 55.1 Å². The van der Waals surface area contributed by atoms with Crippen molar-refractivity contribution in [1.29, 1.82) is 0 Å². The maximum atomic E-state index is 14.8. The maximum absolute atomic E-state index is 14.8. The van der Waals surface area contributed by atoms with Crippen LogP contribution in [0.15, 0.2) is 54.6 Å². The van der Waals surface area contributed by atoms with Crippen LogP contribution < -0.4 is 0 Å². The third-order valence-electron chi connectivity index (χ3n) is 5.37. The van der Waals surface area contributed by atoms with E-state index in [0.29, 0.717) is 16.8 Å². The van der Waals surface area contributed by atoms with Crippen molar-refractivity contribution in [3.8, 4) is 0 Å². The summed E-state index contributed by atoms with van der Waals surface area (Å²) >= 11 is 0. The number of carboxylic acid groups (broad SMARTS) is 1. The summed E-state index contributed by atoms with van der Waals surface area (Å²) < 4.78 is 55.9. The zero-order valence-electron chi connectivity index (χ0n) is 17.7. The van der Waals surface area contributed by atoms with Crippen LogP contribution in [0.4, 0.5) is 17.6 Å². The van der Waals surface area contributed by atoms with Gasteiger partial charge in [0.1, 0.15) is 5.69 Å². The molecule has 3 rings (SSSR count). The highest BCUT2D eigenvalue weighted by molar-refractivity contribution is 5.87. The fourth-order valence-electron chi connectivity index (χ4n) is 3.14. The fourth-order valence-corrected chi connectivity index (χ4v) is 3.14. The second kappa shape index (κ2) is 8.61. The second-order valence-electron chi connectivity index (χ2n) is 8.07. The molecule has 0 bridgehead atoms. The van der Waals surface area contributed by atoms with Gasteiger partial charge in [-0.3, -0.25) is 4.68 Å². The Balaban J connectivity index is 1.81. The van der Waals surface area contributed by atoms with Crippen molar-refractivity contribution in [2.45, 2.75) is 38.9 Å². The van der Waals surface area contributed by atoms with Crippen molar-refractivity contribution in [2.24, 2.45) is 0 Å². The fraction of sp³-hybridized carbons (Fsp3) is 0.250. The molecule has 0 saturated carbocycles. The molecule has 0 aliphatic rings. The molecular weight excluding hydrogens is 424 g/mol. The van der Waals surface area contributed by atoms with E-state index in [9.17, 15) is 22.4 Å². The Bertz CT molecular complexity index is 1160. The van der Waals surface area contributed by atoms with Gasteiger partial charge in [0, 0.05) is 5.69 Å². The van der Waals surface area contributed by atoms with Crippen LogP contribution in [0.1, 0.15) is 52.3 Å². The Labute approximate surface area is 182 Å². The van der Waals surface area contributed by atoms with E-state index in [-0.39, 0.29) is 23.4 Å². The zero-order chi connectivity index (χ0) is 23.7. The van der Waals surface area contributed by atoms with Gasteiger partial charge in [0.15, 0.2) is 5.83 Å². The minimum absolute atomic E-state index is 0.0802. The number of nitrogens with zero attached hydrogens (tertiary/aromatic N) is 2. The van der Waals surface area contributed by atoms with Gasteiger partial charge < -0.3 is 5.11 Å². The van der Waals surface area contributed by atoms with Gasteiger partial charge in [0.25, 0.3) is 0 Å². The first-order valence-corrected chi connectivity index (χ1v) is 9.80. The number of aromatic nitrogens is 2. The van der Waals surface area contributed by atoms with Crippen molar-refractivity contribution in [1.82, 2.24) is 9.78 Å². The first-order valence-electron chi connectivity index (χ1n) is 9.80. The van der Waals surface area contributed by atoms with Gasteiger partial charge in [-0.2, -0.15) is 18.3 Å². The third kappa shape index (κ3) is 4.90. The molecule has 1 N–H and O–H groups in total. The smallest absolute Gasteiger partial charge is 0.397 e. The van der Waals surface area contributed by atoms with E-state index in [2.05, 4.69) is 5.10 Å². The van der Waals surface area contributed by atoms with Crippen LogP contribution in [-0.4, -0.2) is 27.0 Å². The standard InChI is InChI=1S/C24H22F4N2O2/c1-15-11-21(29-30(15)14-17-5-4-6-18(12-17)22(31)32)20(25)13-16-7-9-19(10-8-16)23(2,3)24(26,27)28/h4-13H,14H2,1-3H3,(H,31,32)/b20-13-. The lowest BCUT2D eigenvalue weighted by atomic mass is 9.83. The van der Waals surface area contributed by atoms with Crippen LogP contribution in [0.25, 0.3) is 11.9 Å². The number of rotatable bonds is 6. The summed E-state index contributed by atoms with van der Waals surface area (Å²) in [4.78, 5) is 11.1. The number of halogens is 4. The van der Waals surface area contributed by atoms with Crippen LogP contribution in [0.3, 0.4) is 0 Å². The number of aryl methyl sites for hydroxylation is 1. The molecule has 0 atom stereocenters. The number of hydrogen-bond acceptors (Lipinski definition) is 2. The number of alkyl halides is 3. The molecule has 0 spiro atoms. The van der Waals surface area contributed by atoms with E-state index >= 15 is 0 Å². The molecule has 0 saturated heterocycles. The number of carboxylic acids is 1. The molecule has 32 heavy (non-hydrogen) atoms. The van der Waals surface area contributed by atoms with Gasteiger partial charge in [-0.1, -0.05) is 36.4 Å². The van der Waals surface area contributed by atoms with E-state index in [1.807, 2.05) is 0 Å². The summed E-state index contributed by atoms with van der Waals surface area (Å²) in [6.45, 7) is 4.21. The molecule has 0 radical (unpaired) electrons. The molecular formula is C24H22F4N2O2. The number of hydrogen-bond donors (Lipinski definition) is 1. The molecule has 0 aliphatic carbocycles. The Hall–Kier alpha value is -3.42. The Kier molecular flexibility index (Phi) is 6.25. The molecule has 3 aromatic rings. The molecule has 1 aromatic heterocycles.